The van der Waals surface area contributed by atoms with Gasteiger partial charge in [0.2, 0.25) is 0 Å². The van der Waals surface area contributed by atoms with E-state index in [-0.39, 0.29) is 17.9 Å². The van der Waals surface area contributed by atoms with Gasteiger partial charge in [0, 0.05) is 0 Å². The van der Waals surface area contributed by atoms with Crippen LogP contribution in [0.5, 0.6) is 5.75 Å². The maximum Gasteiger partial charge on any atom is 0.338 e. The molecule has 0 spiro atoms. The molecule has 0 amide bonds. The molecule has 104 valence electrons. The molecule has 0 aliphatic heterocycles. The first-order valence-corrected chi connectivity index (χ1v) is 5.95. The first-order valence-electron chi connectivity index (χ1n) is 5.95. The van der Waals surface area contributed by atoms with Crippen molar-refractivity contribution in [2.75, 3.05) is 12.8 Å². The van der Waals surface area contributed by atoms with Gasteiger partial charge in [-0.3, -0.25) is 0 Å². The zero-order chi connectivity index (χ0) is 14.5. The van der Waals surface area contributed by atoms with Crippen LogP contribution in [0.3, 0.4) is 0 Å². The second kappa shape index (κ2) is 6.06. The molecule has 0 aliphatic carbocycles. The van der Waals surface area contributed by atoms with E-state index in [9.17, 15) is 9.18 Å². The number of hydrogen-bond acceptors (Lipinski definition) is 4. The summed E-state index contributed by atoms with van der Waals surface area (Å²) in [6, 6.07) is 10.9. The SMILES string of the molecule is COc1ccc(COC(=O)c2ccc(N)c(F)c2)cc1. The number of esters is 1. The summed E-state index contributed by atoms with van der Waals surface area (Å²) >= 11 is 0. The summed E-state index contributed by atoms with van der Waals surface area (Å²) in [5, 5.41) is 0. The number of hydrogen-bond donors (Lipinski definition) is 1. The molecule has 0 saturated carbocycles. The third-order valence-corrected chi connectivity index (χ3v) is 2.77. The minimum atomic E-state index is -0.635. The molecule has 2 aromatic rings. The summed E-state index contributed by atoms with van der Waals surface area (Å²) in [4.78, 5) is 11.8. The van der Waals surface area contributed by atoms with Gasteiger partial charge in [-0.15, -0.1) is 0 Å². The molecule has 20 heavy (non-hydrogen) atoms. The molecular weight excluding hydrogens is 261 g/mol. The van der Waals surface area contributed by atoms with Crippen LogP contribution in [0.2, 0.25) is 0 Å². The van der Waals surface area contributed by atoms with Crippen LogP contribution in [-0.4, -0.2) is 13.1 Å². The molecule has 0 fully saturated rings. The molecule has 0 unspecified atom stereocenters. The Morgan fingerprint density at radius 3 is 2.50 bits per heavy atom. The van der Waals surface area contributed by atoms with Crippen LogP contribution >= 0.6 is 0 Å². The number of ether oxygens (including phenoxy) is 2. The van der Waals surface area contributed by atoms with Crippen molar-refractivity contribution < 1.29 is 18.7 Å². The van der Waals surface area contributed by atoms with Crippen LogP contribution in [0, 0.1) is 5.82 Å². The van der Waals surface area contributed by atoms with Crippen LogP contribution in [0.15, 0.2) is 42.5 Å². The van der Waals surface area contributed by atoms with E-state index in [2.05, 4.69) is 0 Å². The normalized spacial score (nSPS) is 10.1. The molecule has 0 aromatic heterocycles. The minimum Gasteiger partial charge on any atom is -0.497 e. The predicted octanol–water partition coefficient (Wildman–Crippen LogP) is 2.77. The fraction of sp³-hybridized carbons (Fsp3) is 0.133. The first kappa shape index (κ1) is 13.9. The molecule has 5 heteroatoms. The topological polar surface area (TPSA) is 61.5 Å². The number of rotatable bonds is 4. The Kier molecular flexibility index (Phi) is 4.20. The molecule has 2 N–H and O–H groups in total. The maximum absolute atomic E-state index is 13.2. The third-order valence-electron chi connectivity index (χ3n) is 2.77. The van der Waals surface area contributed by atoms with E-state index in [0.29, 0.717) is 0 Å². The Hall–Kier alpha value is -2.56. The lowest BCUT2D eigenvalue weighted by Gasteiger charge is -2.06. The molecule has 4 nitrogen and oxygen atoms in total. The van der Waals surface area contributed by atoms with Gasteiger partial charge in [-0.25, -0.2) is 9.18 Å². The van der Waals surface area contributed by atoms with Crippen LogP contribution < -0.4 is 10.5 Å². The summed E-state index contributed by atoms with van der Waals surface area (Å²) in [5.74, 6) is -0.510. The quantitative estimate of drug-likeness (QED) is 0.688. The summed E-state index contributed by atoms with van der Waals surface area (Å²) < 4.78 is 23.4. The number of nitrogens with two attached hydrogens (primary N) is 1. The van der Waals surface area contributed by atoms with Gasteiger partial charge in [-0.05, 0) is 35.9 Å². The predicted molar refractivity (Wildman–Crippen MR) is 72.9 cm³/mol. The van der Waals surface area contributed by atoms with Gasteiger partial charge in [0.1, 0.15) is 18.2 Å². The molecule has 0 aliphatic rings. The number of carbonyl (C=O) groups is 1. The van der Waals surface area contributed by atoms with Crippen molar-refractivity contribution in [3.8, 4) is 5.75 Å². The second-order valence-electron chi connectivity index (χ2n) is 4.16. The molecule has 0 bridgehead atoms. The lowest BCUT2D eigenvalue weighted by Crippen LogP contribution is -2.06. The van der Waals surface area contributed by atoms with Gasteiger partial charge < -0.3 is 15.2 Å². The monoisotopic (exact) mass is 275 g/mol. The molecule has 0 atom stereocenters. The first-order chi connectivity index (χ1) is 9.60. The highest BCUT2D eigenvalue weighted by atomic mass is 19.1. The fourth-order valence-corrected chi connectivity index (χ4v) is 1.61. The molecule has 2 rings (SSSR count). The molecule has 0 saturated heterocycles. The minimum absolute atomic E-state index is 0.00305. The van der Waals surface area contributed by atoms with Gasteiger partial charge in [0.05, 0.1) is 18.4 Å². The number of methoxy groups -OCH3 is 1. The van der Waals surface area contributed by atoms with E-state index in [4.69, 9.17) is 15.2 Å². The largest absolute Gasteiger partial charge is 0.497 e. The number of anilines is 1. The summed E-state index contributed by atoms with van der Waals surface area (Å²) in [6.07, 6.45) is 0. The third kappa shape index (κ3) is 3.26. The Morgan fingerprint density at radius 1 is 1.20 bits per heavy atom. The zero-order valence-electron chi connectivity index (χ0n) is 10.9. The van der Waals surface area contributed by atoms with Crippen LogP contribution in [0.4, 0.5) is 10.1 Å². The van der Waals surface area contributed by atoms with Crippen molar-refractivity contribution in [1.29, 1.82) is 0 Å². The van der Waals surface area contributed by atoms with Crippen molar-refractivity contribution in [2.45, 2.75) is 6.61 Å². The van der Waals surface area contributed by atoms with E-state index < -0.39 is 11.8 Å². The van der Waals surface area contributed by atoms with E-state index in [1.54, 1.807) is 31.4 Å². The van der Waals surface area contributed by atoms with Crippen LogP contribution in [-0.2, 0) is 11.3 Å². The zero-order valence-corrected chi connectivity index (χ0v) is 10.9. The highest BCUT2D eigenvalue weighted by Gasteiger charge is 2.10. The average molecular weight is 275 g/mol. The molecule has 2 aromatic carbocycles. The van der Waals surface area contributed by atoms with Crippen LogP contribution in [0.25, 0.3) is 0 Å². The lowest BCUT2D eigenvalue weighted by atomic mass is 10.2. The van der Waals surface area contributed by atoms with Gasteiger partial charge >= 0.3 is 5.97 Å². The second-order valence-corrected chi connectivity index (χ2v) is 4.16. The average Bonchev–Trinajstić information content (AvgIpc) is 2.48. The standard InChI is InChI=1S/C15H14FNO3/c1-19-12-5-2-10(3-6-12)9-20-15(18)11-4-7-14(17)13(16)8-11/h2-8H,9,17H2,1H3. The van der Waals surface area contributed by atoms with Crippen molar-refractivity contribution in [3.63, 3.8) is 0 Å². The van der Waals surface area contributed by atoms with Crippen molar-refractivity contribution in [2.24, 2.45) is 0 Å². The van der Waals surface area contributed by atoms with E-state index in [0.717, 1.165) is 17.4 Å². The lowest BCUT2D eigenvalue weighted by molar-refractivity contribution is 0.0472. The van der Waals surface area contributed by atoms with E-state index >= 15 is 0 Å². The Labute approximate surface area is 115 Å². The summed E-state index contributed by atoms with van der Waals surface area (Å²) in [5.41, 5.74) is 6.28. The fourth-order valence-electron chi connectivity index (χ4n) is 1.61. The van der Waals surface area contributed by atoms with Crippen LogP contribution in [0.1, 0.15) is 15.9 Å². The highest BCUT2D eigenvalue weighted by molar-refractivity contribution is 5.89. The van der Waals surface area contributed by atoms with Gasteiger partial charge in [0.25, 0.3) is 0 Å². The van der Waals surface area contributed by atoms with E-state index in [1.807, 2.05) is 0 Å². The molecule has 0 radical (unpaired) electrons. The maximum atomic E-state index is 13.2. The Bertz CT molecular complexity index is 611. The Morgan fingerprint density at radius 2 is 1.90 bits per heavy atom. The number of carbonyl (C=O) groups excluding carboxylic acids is 1. The highest BCUT2D eigenvalue weighted by Crippen LogP contribution is 2.15. The summed E-state index contributed by atoms with van der Waals surface area (Å²) in [7, 11) is 1.57. The number of benzene rings is 2. The molecule has 0 heterocycles. The van der Waals surface area contributed by atoms with Gasteiger partial charge in [-0.1, -0.05) is 12.1 Å². The van der Waals surface area contributed by atoms with Crippen molar-refractivity contribution in [1.82, 2.24) is 0 Å². The van der Waals surface area contributed by atoms with Gasteiger partial charge in [0.15, 0.2) is 0 Å². The van der Waals surface area contributed by atoms with E-state index in [1.165, 1.54) is 12.1 Å². The van der Waals surface area contributed by atoms with Crippen molar-refractivity contribution >= 4 is 11.7 Å². The number of halogens is 1. The summed E-state index contributed by atoms with van der Waals surface area (Å²) in [6.45, 7) is 0.106. The number of nitrogen functional groups attached to an aromatic ring is 1. The molecular formula is C15H14FNO3. The Balaban J connectivity index is 1.98. The van der Waals surface area contributed by atoms with Gasteiger partial charge in [-0.2, -0.15) is 0 Å². The van der Waals surface area contributed by atoms with Crippen molar-refractivity contribution in [3.05, 3.63) is 59.4 Å². The smallest absolute Gasteiger partial charge is 0.338 e.